The van der Waals surface area contributed by atoms with Crippen molar-refractivity contribution in [1.29, 1.82) is 0 Å². The van der Waals surface area contributed by atoms with Gasteiger partial charge in [-0.25, -0.2) is 17.8 Å². The summed E-state index contributed by atoms with van der Waals surface area (Å²) in [5, 5.41) is 0.184. The molecule has 0 saturated heterocycles. The van der Waals surface area contributed by atoms with Gasteiger partial charge >= 0.3 is 0 Å². The van der Waals surface area contributed by atoms with E-state index in [1.165, 1.54) is 24.4 Å². The monoisotopic (exact) mass is 350 g/mol. The molecule has 0 aliphatic carbocycles. The number of nitrogens with zero attached hydrogens (tertiary/aromatic N) is 2. The van der Waals surface area contributed by atoms with Gasteiger partial charge < -0.3 is 4.57 Å². The van der Waals surface area contributed by atoms with Crippen molar-refractivity contribution >= 4 is 31.3 Å². The predicted octanol–water partition coefficient (Wildman–Crippen LogP) is 3.60. The van der Waals surface area contributed by atoms with Crippen molar-refractivity contribution in [1.82, 2.24) is 9.55 Å². The molecule has 0 aliphatic heterocycles. The highest BCUT2D eigenvalue weighted by molar-refractivity contribution is 8.13. The quantitative estimate of drug-likeness (QED) is 0.774. The van der Waals surface area contributed by atoms with Crippen molar-refractivity contribution in [2.75, 3.05) is 0 Å². The van der Waals surface area contributed by atoms with E-state index in [0.29, 0.717) is 22.8 Å². The molecular formula is C13H13Cl2FN2O2S. The van der Waals surface area contributed by atoms with Crippen LogP contribution in [0.1, 0.15) is 24.7 Å². The van der Waals surface area contributed by atoms with E-state index in [2.05, 4.69) is 4.98 Å². The molecule has 0 atom stereocenters. The maximum Gasteiger partial charge on any atom is 0.280 e. The summed E-state index contributed by atoms with van der Waals surface area (Å²) in [5.74, 6) is 0.127. The zero-order valence-electron chi connectivity index (χ0n) is 11.2. The fourth-order valence-corrected chi connectivity index (χ4v) is 2.84. The normalized spacial score (nSPS) is 11.8. The fraction of sp³-hybridized carbons (Fsp3) is 0.308. The first-order chi connectivity index (χ1) is 9.81. The first-order valence-corrected chi connectivity index (χ1v) is 8.94. The topological polar surface area (TPSA) is 52.0 Å². The molecule has 0 N–H and O–H groups in total. The van der Waals surface area contributed by atoms with Crippen molar-refractivity contribution in [3.63, 3.8) is 0 Å². The molecule has 21 heavy (non-hydrogen) atoms. The average Bonchev–Trinajstić information content (AvgIpc) is 2.78. The molecule has 2 rings (SSSR count). The third-order valence-corrected chi connectivity index (χ3v) is 4.31. The molecule has 0 unspecified atom stereocenters. The summed E-state index contributed by atoms with van der Waals surface area (Å²) in [6, 6.07) is 4.23. The molecular weight excluding hydrogens is 338 g/mol. The van der Waals surface area contributed by atoms with E-state index in [0.717, 1.165) is 6.42 Å². The van der Waals surface area contributed by atoms with Crippen LogP contribution in [0.5, 0.6) is 0 Å². The predicted molar refractivity (Wildman–Crippen MR) is 79.8 cm³/mol. The molecule has 114 valence electrons. The largest absolute Gasteiger partial charge is 0.329 e. The number of halogens is 3. The number of hydrogen-bond donors (Lipinski definition) is 0. The minimum atomic E-state index is -3.91. The van der Waals surface area contributed by atoms with Crippen molar-refractivity contribution in [3.05, 3.63) is 46.6 Å². The highest BCUT2D eigenvalue weighted by Gasteiger charge is 2.18. The SMILES string of the molecule is CCCc1nc(S(=O)(=O)Cl)cn1Cc1cc(Cl)ccc1F. The van der Waals surface area contributed by atoms with Gasteiger partial charge in [0.25, 0.3) is 9.05 Å². The lowest BCUT2D eigenvalue weighted by Crippen LogP contribution is -2.05. The summed E-state index contributed by atoms with van der Waals surface area (Å²) in [4.78, 5) is 4.01. The van der Waals surface area contributed by atoms with Crippen LogP contribution in [0.15, 0.2) is 29.4 Å². The van der Waals surface area contributed by atoms with E-state index in [9.17, 15) is 12.8 Å². The Hall–Kier alpha value is -1.11. The second-order valence-corrected chi connectivity index (χ2v) is 7.50. The zero-order chi connectivity index (χ0) is 15.6. The first kappa shape index (κ1) is 16.3. The van der Waals surface area contributed by atoms with Gasteiger partial charge in [0.15, 0.2) is 5.03 Å². The maximum absolute atomic E-state index is 13.8. The van der Waals surface area contributed by atoms with E-state index in [4.69, 9.17) is 22.3 Å². The van der Waals surface area contributed by atoms with Gasteiger partial charge in [0.1, 0.15) is 11.6 Å². The minimum Gasteiger partial charge on any atom is -0.329 e. The average molecular weight is 351 g/mol. The Bertz CT molecular complexity index is 760. The lowest BCUT2D eigenvalue weighted by Gasteiger charge is -2.08. The summed E-state index contributed by atoms with van der Waals surface area (Å²) < 4.78 is 38.1. The van der Waals surface area contributed by atoms with Crippen molar-refractivity contribution in [2.24, 2.45) is 0 Å². The van der Waals surface area contributed by atoms with Crippen molar-refractivity contribution in [3.8, 4) is 0 Å². The smallest absolute Gasteiger partial charge is 0.280 e. The number of aromatic nitrogens is 2. The van der Waals surface area contributed by atoms with Gasteiger partial charge in [-0.05, 0) is 24.6 Å². The van der Waals surface area contributed by atoms with Gasteiger partial charge in [-0.1, -0.05) is 18.5 Å². The lowest BCUT2D eigenvalue weighted by atomic mass is 10.2. The van der Waals surface area contributed by atoms with Crippen LogP contribution in [-0.2, 0) is 22.0 Å². The van der Waals surface area contributed by atoms with E-state index < -0.39 is 14.9 Å². The van der Waals surface area contributed by atoms with Crippen LogP contribution in [0.25, 0.3) is 0 Å². The van der Waals surface area contributed by atoms with Gasteiger partial charge in [0, 0.05) is 33.9 Å². The van der Waals surface area contributed by atoms with Gasteiger partial charge in [-0.2, -0.15) is 0 Å². The fourth-order valence-electron chi connectivity index (χ4n) is 1.95. The molecule has 0 fully saturated rings. The van der Waals surface area contributed by atoms with E-state index in [1.807, 2.05) is 6.92 Å². The lowest BCUT2D eigenvalue weighted by molar-refractivity contribution is 0.593. The van der Waals surface area contributed by atoms with Crippen LogP contribution >= 0.6 is 22.3 Å². The second-order valence-electron chi connectivity index (χ2n) is 4.55. The van der Waals surface area contributed by atoms with Gasteiger partial charge in [-0.3, -0.25) is 0 Å². The van der Waals surface area contributed by atoms with Crippen LogP contribution < -0.4 is 0 Å². The Kier molecular flexibility index (Phi) is 4.91. The highest BCUT2D eigenvalue weighted by Crippen LogP contribution is 2.20. The molecule has 0 aliphatic rings. The molecule has 0 spiro atoms. The first-order valence-electron chi connectivity index (χ1n) is 6.26. The van der Waals surface area contributed by atoms with Crippen molar-refractivity contribution < 1.29 is 12.8 Å². The standard InChI is InChI=1S/C13H13Cl2FN2O2S/c1-2-3-12-17-13(21(15,19)20)8-18(12)7-9-6-10(14)4-5-11(9)16/h4-6,8H,2-3,7H2,1H3. The molecule has 1 aromatic heterocycles. The Morgan fingerprint density at radius 3 is 2.71 bits per heavy atom. The molecule has 1 heterocycles. The van der Waals surface area contributed by atoms with Crippen molar-refractivity contribution in [2.45, 2.75) is 31.3 Å². The number of benzene rings is 1. The molecule has 1 aromatic carbocycles. The van der Waals surface area contributed by atoms with E-state index in [-0.39, 0.29) is 11.6 Å². The van der Waals surface area contributed by atoms with Crippen LogP contribution in [0, 0.1) is 5.82 Å². The molecule has 4 nitrogen and oxygen atoms in total. The third-order valence-electron chi connectivity index (χ3n) is 2.91. The van der Waals surface area contributed by atoms with Gasteiger partial charge in [-0.15, -0.1) is 0 Å². The van der Waals surface area contributed by atoms with Crippen LogP contribution in [0.4, 0.5) is 4.39 Å². The second kappa shape index (κ2) is 6.34. The number of imidazole rings is 1. The summed E-state index contributed by atoms with van der Waals surface area (Å²) in [5.41, 5.74) is 0.357. The van der Waals surface area contributed by atoms with Crippen LogP contribution in [0.2, 0.25) is 5.02 Å². The summed E-state index contributed by atoms with van der Waals surface area (Å²) >= 11 is 5.85. The number of hydrogen-bond acceptors (Lipinski definition) is 3. The molecule has 2 aromatic rings. The van der Waals surface area contributed by atoms with Gasteiger partial charge in [0.2, 0.25) is 0 Å². The third kappa shape index (κ3) is 3.96. The highest BCUT2D eigenvalue weighted by atomic mass is 35.7. The molecule has 0 bridgehead atoms. The number of aryl methyl sites for hydroxylation is 1. The Labute approximate surface area is 131 Å². The van der Waals surface area contributed by atoms with E-state index >= 15 is 0 Å². The Morgan fingerprint density at radius 1 is 1.38 bits per heavy atom. The Morgan fingerprint density at radius 2 is 2.10 bits per heavy atom. The molecule has 8 heteroatoms. The van der Waals surface area contributed by atoms with Crippen LogP contribution in [-0.4, -0.2) is 18.0 Å². The zero-order valence-corrected chi connectivity index (χ0v) is 13.5. The minimum absolute atomic E-state index is 0.140. The molecule has 0 radical (unpaired) electrons. The summed E-state index contributed by atoms with van der Waals surface area (Å²) in [7, 11) is 1.39. The molecule has 0 amide bonds. The maximum atomic E-state index is 13.8. The van der Waals surface area contributed by atoms with Crippen LogP contribution in [0.3, 0.4) is 0 Å². The Balaban J connectivity index is 2.43. The summed E-state index contributed by atoms with van der Waals surface area (Å²) in [6.45, 7) is 2.08. The summed E-state index contributed by atoms with van der Waals surface area (Å²) in [6.07, 6.45) is 2.65. The molecule has 0 saturated carbocycles. The number of rotatable bonds is 5. The van der Waals surface area contributed by atoms with Gasteiger partial charge in [0.05, 0.1) is 6.54 Å². The van der Waals surface area contributed by atoms with E-state index in [1.54, 1.807) is 4.57 Å².